The van der Waals surface area contributed by atoms with Gasteiger partial charge >= 0.3 is 0 Å². The summed E-state index contributed by atoms with van der Waals surface area (Å²) >= 11 is 0. The van der Waals surface area contributed by atoms with Crippen LogP contribution >= 0.6 is 0 Å². The smallest absolute Gasteiger partial charge is 0.123 e. The van der Waals surface area contributed by atoms with E-state index in [1.807, 2.05) is 12.1 Å². The Balaban J connectivity index is 2.81. The van der Waals surface area contributed by atoms with E-state index < -0.39 is 0 Å². The van der Waals surface area contributed by atoms with Crippen molar-refractivity contribution in [2.45, 2.75) is 53.1 Å². The van der Waals surface area contributed by atoms with E-state index in [1.165, 1.54) is 0 Å². The molecule has 0 aliphatic rings. The van der Waals surface area contributed by atoms with E-state index >= 15 is 0 Å². The Morgan fingerprint density at radius 1 is 1.20 bits per heavy atom. The van der Waals surface area contributed by atoms with Crippen LogP contribution < -0.4 is 10.1 Å². The summed E-state index contributed by atoms with van der Waals surface area (Å²) in [5, 5.41) is 12.6. The lowest BCUT2D eigenvalue weighted by Crippen LogP contribution is -2.41. The normalized spacial score (nSPS) is 12.1. The molecule has 1 aromatic carbocycles. The molecule has 1 aromatic rings. The largest absolute Gasteiger partial charge is 0.496 e. The van der Waals surface area contributed by atoms with Crippen molar-refractivity contribution in [3.05, 3.63) is 29.3 Å². The lowest BCUT2D eigenvalue weighted by molar-refractivity contribution is 0.240. The Bertz CT molecular complexity index is 493. The van der Waals surface area contributed by atoms with Crippen molar-refractivity contribution in [1.29, 1.82) is 5.26 Å². The van der Waals surface area contributed by atoms with Gasteiger partial charge in [-0.15, -0.1) is 0 Å². The summed E-state index contributed by atoms with van der Waals surface area (Å²) in [5.74, 6) is 0.822. The number of methoxy groups -OCH3 is 1. The van der Waals surface area contributed by atoms with Gasteiger partial charge in [0.15, 0.2) is 0 Å². The fourth-order valence-electron chi connectivity index (χ4n) is 2.71. The summed E-state index contributed by atoms with van der Waals surface area (Å²) in [6.45, 7) is 11.8. The van der Waals surface area contributed by atoms with Crippen molar-refractivity contribution in [2.24, 2.45) is 5.41 Å². The molecule has 110 valence electrons. The van der Waals surface area contributed by atoms with Gasteiger partial charge in [-0.25, -0.2) is 0 Å². The second kappa shape index (κ2) is 6.28. The molecule has 0 saturated heterocycles. The Morgan fingerprint density at radius 2 is 1.85 bits per heavy atom. The van der Waals surface area contributed by atoms with Gasteiger partial charge in [0.05, 0.1) is 18.7 Å². The van der Waals surface area contributed by atoms with Crippen molar-refractivity contribution in [2.75, 3.05) is 7.11 Å². The van der Waals surface area contributed by atoms with Crippen molar-refractivity contribution < 1.29 is 4.74 Å². The monoisotopic (exact) mass is 274 g/mol. The molecule has 3 nitrogen and oxygen atoms in total. The van der Waals surface area contributed by atoms with E-state index in [9.17, 15) is 0 Å². The molecule has 0 atom stereocenters. The van der Waals surface area contributed by atoms with Crippen molar-refractivity contribution in [3.8, 4) is 11.8 Å². The average Bonchev–Trinajstić information content (AvgIpc) is 2.33. The fraction of sp³-hybridized carbons (Fsp3) is 0.588. The third-order valence-corrected chi connectivity index (χ3v) is 3.14. The third kappa shape index (κ3) is 5.22. The van der Waals surface area contributed by atoms with Gasteiger partial charge in [0.25, 0.3) is 0 Å². The zero-order valence-electron chi connectivity index (χ0n) is 13.5. The quantitative estimate of drug-likeness (QED) is 0.886. The molecule has 0 heterocycles. The van der Waals surface area contributed by atoms with Gasteiger partial charge in [-0.2, -0.15) is 5.26 Å². The molecule has 0 amide bonds. The second-order valence-electron chi connectivity index (χ2n) is 7.11. The van der Waals surface area contributed by atoms with Crippen LogP contribution in [0.25, 0.3) is 0 Å². The van der Waals surface area contributed by atoms with E-state index in [1.54, 1.807) is 13.2 Å². The molecule has 0 aromatic heterocycles. The molecule has 0 saturated carbocycles. The van der Waals surface area contributed by atoms with Crippen LogP contribution in [-0.2, 0) is 6.54 Å². The molecule has 0 bridgehead atoms. The number of benzene rings is 1. The molecule has 1 N–H and O–H groups in total. The van der Waals surface area contributed by atoms with Crippen molar-refractivity contribution in [3.63, 3.8) is 0 Å². The Hall–Kier alpha value is -1.53. The minimum atomic E-state index is 0.0336. The summed E-state index contributed by atoms with van der Waals surface area (Å²) in [4.78, 5) is 0. The first-order valence-corrected chi connectivity index (χ1v) is 6.99. The van der Waals surface area contributed by atoms with Gasteiger partial charge < -0.3 is 10.1 Å². The van der Waals surface area contributed by atoms with Gasteiger partial charge in [-0.05, 0) is 43.9 Å². The summed E-state index contributed by atoms with van der Waals surface area (Å²) < 4.78 is 5.36. The average molecular weight is 274 g/mol. The Labute approximate surface area is 123 Å². The number of hydrogen-bond donors (Lipinski definition) is 1. The summed E-state index contributed by atoms with van der Waals surface area (Å²) in [6.07, 6.45) is 1.07. The van der Waals surface area contributed by atoms with Gasteiger partial charge in [0.1, 0.15) is 5.75 Å². The minimum Gasteiger partial charge on any atom is -0.496 e. The lowest BCUT2D eigenvalue weighted by atomic mass is 9.81. The van der Waals surface area contributed by atoms with Crippen molar-refractivity contribution in [1.82, 2.24) is 5.32 Å². The molecule has 20 heavy (non-hydrogen) atoms. The van der Waals surface area contributed by atoms with Crippen LogP contribution in [-0.4, -0.2) is 12.6 Å². The number of hydrogen-bond acceptors (Lipinski definition) is 3. The standard InChI is InChI=1S/C17H26N2O/c1-16(2,3)12-17(4,5)19-11-14-9-13(10-18)7-8-15(14)20-6/h7-9,19H,11-12H2,1-6H3. The zero-order chi connectivity index (χ0) is 15.4. The molecule has 0 aliphatic carbocycles. The van der Waals surface area contributed by atoms with Crippen LogP contribution in [0.2, 0.25) is 0 Å². The number of nitrogens with zero attached hydrogens (tertiary/aromatic N) is 1. The maximum absolute atomic E-state index is 9.00. The summed E-state index contributed by atoms with van der Waals surface area (Å²) in [6, 6.07) is 7.69. The maximum Gasteiger partial charge on any atom is 0.123 e. The highest BCUT2D eigenvalue weighted by molar-refractivity contribution is 5.42. The van der Waals surface area contributed by atoms with Crippen LogP contribution in [0, 0.1) is 16.7 Å². The van der Waals surface area contributed by atoms with Crippen LogP contribution in [0.4, 0.5) is 0 Å². The van der Waals surface area contributed by atoms with Gasteiger partial charge in [-0.1, -0.05) is 20.8 Å². The highest BCUT2D eigenvalue weighted by Gasteiger charge is 2.25. The van der Waals surface area contributed by atoms with Crippen molar-refractivity contribution >= 4 is 0 Å². The van der Waals surface area contributed by atoms with E-state index in [2.05, 4.69) is 46.0 Å². The first-order chi connectivity index (χ1) is 9.17. The highest BCUT2D eigenvalue weighted by Crippen LogP contribution is 2.28. The predicted molar refractivity (Wildman–Crippen MR) is 82.7 cm³/mol. The third-order valence-electron chi connectivity index (χ3n) is 3.14. The number of nitrogens with one attached hydrogen (secondary N) is 1. The SMILES string of the molecule is COc1ccc(C#N)cc1CNC(C)(C)CC(C)(C)C. The van der Waals surface area contributed by atoms with E-state index in [4.69, 9.17) is 10.00 Å². The van der Waals surface area contributed by atoms with Gasteiger partial charge in [0, 0.05) is 17.6 Å². The first-order valence-electron chi connectivity index (χ1n) is 6.99. The van der Waals surface area contributed by atoms with E-state index in [0.717, 1.165) is 17.7 Å². The molecule has 0 radical (unpaired) electrons. The second-order valence-corrected chi connectivity index (χ2v) is 7.11. The van der Waals surface area contributed by atoms with Gasteiger partial charge in [-0.3, -0.25) is 0 Å². The Kier molecular flexibility index (Phi) is 5.19. The number of nitriles is 1. The van der Waals surface area contributed by atoms with E-state index in [0.29, 0.717) is 12.1 Å². The molecule has 0 aliphatic heterocycles. The van der Waals surface area contributed by atoms with Crippen LogP contribution in [0.15, 0.2) is 18.2 Å². The predicted octanol–water partition coefficient (Wildman–Crippen LogP) is 3.87. The topological polar surface area (TPSA) is 45.0 Å². The summed E-state index contributed by atoms with van der Waals surface area (Å²) in [5.41, 5.74) is 1.99. The molecular weight excluding hydrogens is 248 g/mol. The van der Waals surface area contributed by atoms with Crippen LogP contribution in [0.1, 0.15) is 52.2 Å². The lowest BCUT2D eigenvalue weighted by Gasteiger charge is -2.33. The minimum absolute atomic E-state index is 0.0336. The molecule has 0 spiro atoms. The maximum atomic E-state index is 9.00. The first kappa shape index (κ1) is 16.5. The van der Waals surface area contributed by atoms with Gasteiger partial charge in [0.2, 0.25) is 0 Å². The summed E-state index contributed by atoms with van der Waals surface area (Å²) in [7, 11) is 1.66. The Morgan fingerprint density at radius 3 is 2.35 bits per heavy atom. The molecule has 3 heteroatoms. The molecule has 1 rings (SSSR count). The zero-order valence-corrected chi connectivity index (χ0v) is 13.5. The number of rotatable bonds is 5. The molecule has 0 unspecified atom stereocenters. The van der Waals surface area contributed by atoms with E-state index in [-0.39, 0.29) is 11.0 Å². The molecule has 0 fully saturated rings. The fourth-order valence-corrected chi connectivity index (χ4v) is 2.71. The van der Waals surface area contributed by atoms with Crippen LogP contribution in [0.3, 0.4) is 0 Å². The highest BCUT2D eigenvalue weighted by atomic mass is 16.5. The number of ether oxygens (including phenoxy) is 1. The van der Waals surface area contributed by atoms with Crippen LogP contribution in [0.5, 0.6) is 5.75 Å². The molecular formula is C17H26N2O.